The van der Waals surface area contributed by atoms with Gasteiger partial charge in [-0.25, -0.2) is 9.78 Å². The lowest BCUT2D eigenvalue weighted by Crippen LogP contribution is -2.31. The van der Waals surface area contributed by atoms with Crippen molar-refractivity contribution in [3.63, 3.8) is 0 Å². The Labute approximate surface area is 118 Å². The molecule has 3 N–H and O–H groups in total. The number of hydrogen-bond acceptors (Lipinski definition) is 6. The van der Waals surface area contributed by atoms with Gasteiger partial charge >= 0.3 is 6.09 Å². The molecule has 0 atom stereocenters. The van der Waals surface area contributed by atoms with Gasteiger partial charge in [0.05, 0.1) is 6.33 Å². The second kappa shape index (κ2) is 5.08. The summed E-state index contributed by atoms with van der Waals surface area (Å²) < 4.78 is 5.73. The van der Waals surface area contributed by atoms with Crippen LogP contribution in [0.3, 0.4) is 0 Å². The quantitative estimate of drug-likeness (QED) is 0.722. The van der Waals surface area contributed by atoms with Gasteiger partial charge in [-0.05, 0) is 5.56 Å². The number of nitrogen functional groups attached to an aromatic ring is 1. The van der Waals surface area contributed by atoms with Crippen molar-refractivity contribution < 1.29 is 9.53 Å². The summed E-state index contributed by atoms with van der Waals surface area (Å²) in [6, 6.07) is 9.09. The maximum Gasteiger partial charge on any atom is 0.424 e. The molecule has 0 spiro atoms. The van der Waals surface area contributed by atoms with E-state index in [2.05, 4.69) is 15.0 Å². The Hall–Kier alpha value is -3.16. The topological polar surface area (TPSA) is 116 Å². The second-order valence-corrected chi connectivity index (χ2v) is 4.25. The third-order valence-electron chi connectivity index (χ3n) is 2.87. The number of aromatic amines is 1. The van der Waals surface area contributed by atoms with E-state index in [4.69, 9.17) is 10.5 Å². The Kier molecular flexibility index (Phi) is 3.11. The van der Waals surface area contributed by atoms with Crippen LogP contribution in [0.1, 0.15) is 5.56 Å². The lowest BCUT2D eigenvalue weighted by atomic mass is 10.2. The van der Waals surface area contributed by atoms with Crippen LogP contribution in [0.2, 0.25) is 0 Å². The van der Waals surface area contributed by atoms with Gasteiger partial charge in [0.1, 0.15) is 6.61 Å². The first-order chi connectivity index (χ1) is 10.2. The molecule has 106 valence electrons. The minimum atomic E-state index is -0.890. The largest absolute Gasteiger partial charge is 0.444 e. The highest BCUT2D eigenvalue weighted by Gasteiger charge is 2.17. The molecule has 0 aliphatic carbocycles. The highest BCUT2D eigenvalue weighted by Crippen LogP contribution is 2.06. The van der Waals surface area contributed by atoms with Gasteiger partial charge in [0.2, 0.25) is 5.95 Å². The van der Waals surface area contributed by atoms with E-state index in [-0.39, 0.29) is 23.7 Å². The molecular weight excluding hydrogens is 274 g/mol. The third kappa shape index (κ3) is 2.34. The summed E-state index contributed by atoms with van der Waals surface area (Å²) in [5, 5.41) is 0. The van der Waals surface area contributed by atoms with Crippen LogP contribution in [-0.4, -0.2) is 25.6 Å². The number of nitrogens with zero attached hydrogens (tertiary/aromatic N) is 3. The number of carbonyl (C=O) groups is 1. The molecule has 0 saturated carbocycles. The van der Waals surface area contributed by atoms with Crippen molar-refractivity contribution in [1.82, 2.24) is 19.5 Å². The summed E-state index contributed by atoms with van der Waals surface area (Å²) >= 11 is 0. The van der Waals surface area contributed by atoms with Gasteiger partial charge in [0.15, 0.2) is 11.2 Å². The van der Waals surface area contributed by atoms with Gasteiger partial charge < -0.3 is 15.5 Å². The summed E-state index contributed by atoms with van der Waals surface area (Å²) in [4.78, 5) is 34.5. The first kappa shape index (κ1) is 12.9. The Bertz CT molecular complexity index is 853. The van der Waals surface area contributed by atoms with Crippen LogP contribution in [0.15, 0.2) is 41.5 Å². The van der Waals surface area contributed by atoms with Gasteiger partial charge in [0, 0.05) is 0 Å². The fourth-order valence-corrected chi connectivity index (χ4v) is 1.86. The normalized spacial score (nSPS) is 10.7. The number of ether oxygens (including phenoxy) is 1. The Balaban J connectivity index is 1.89. The highest BCUT2D eigenvalue weighted by atomic mass is 16.5. The summed E-state index contributed by atoms with van der Waals surface area (Å²) in [5.74, 6) is -0.255. The smallest absolute Gasteiger partial charge is 0.424 e. The number of anilines is 1. The number of rotatable bonds is 2. The van der Waals surface area contributed by atoms with Crippen LogP contribution >= 0.6 is 0 Å². The fraction of sp³-hybridized carbons (Fsp3) is 0.0769. The second-order valence-electron chi connectivity index (χ2n) is 4.25. The lowest BCUT2D eigenvalue weighted by Gasteiger charge is -2.08. The number of carbonyl (C=O) groups excluding carboxylic acids is 1. The predicted octanol–water partition coefficient (Wildman–Crippen LogP) is 0.887. The van der Waals surface area contributed by atoms with Crippen LogP contribution in [0.25, 0.3) is 11.2 Å². The number of imidazole rings is 1. The van der Waals surface area contributed by atoms with Crippen molar-refractivity contribution in [2.45, 2.75) is 6.61 Å². The van der Waals surface area contributed by atoms with Gasteiger partial charge in [0.25, 0.3) is 5.56 Å². The van der Waals surface area contributed by atoms with Crippen LogP contribution < -0.4 is 11.3 Å². The molecule has 0 radical (unpaired) electrons. The molecule has 0 aliphatic heterocycles. The van der Waals surface area contributed by atoms with Crippen LogP contribution in [0.5, 0.6) is 0 Å². The van der Waals surface area contributed by atoms with Crippen molar-refractivity contribution in [1.29, 1.82) is 0 Å². The number of fused-ring (bicyclic) bond motifs is 1. The van der Waals surface area contributed by atoms with Crippen molar-refractivity contribution in [2.75, 3.05) is 5.73 Å². The monoisotopic (exact) mass is 285 g/mol. The van der Waals surface area contributed by atoms with E-state index in [9.17, 15) is 9.59 Å². The highest BCUT2D eigenvalue weighted by molar-refractivity contribution is 5.79. The molecule has 0 saturated heterocycles. The van der Waals surface area contributed by atoms with Gasteiger partial charge in [-0.3, -0.25) is 4.79 Å². The minimum Gasteiger partial charge on any atom is -0.444 e. The van der Waals surface area contributed by atoms with Crippen molar-refractivity contribution in [2.24, 2.45) is 0 Å². The number of hydrogen-bond donors (Lipinski definition) is 2. The van der Waals surface area contributed by atoms with E-state index >= 15 is 0 Å². The lowest BCUT2D eigenvalue weighted by molar-refractivity contribution is 0.141. The molecule has 21 heavy (non-hydrogen) atoms. The first-order valence-corrected chi connectivity index (χ1v) is 6.09. The van der Waals surface area contributed by atoms with Crippen molar-refractivity contribution in [3.8, 4) is 0 Å². The zero-order chi connectivity index (χ0) is 14.8. The molecule has 0 bridgehead atoms. The molecule has 0 fully saturated rings. The molecule has 2 aromatic heterocycles. The zero-order valence-electron chi connectivity index (χ0n) is 10.8. The van der Waals surface area contributed by atoms with Crippen molar-refractivity contribution >= 4 is 23.2 Å². The molecular formula is C13H11N5O3. The molecule has 0 amide bonds. The third-order valence-corrected chi connectivity index (χ3v) is 2.87. The average Bonchev–Trinajstić information content (AvgIpc) is 2.94. The maximum absolute atomic E-state index is 12.1. The molecule has 0 unspecified atom stereocenters. The molecule has 2 heterocycles. The Morgan fingerprint density at radius 3 is 2.86 bits per heavy atom. The molecule has 8 nitrogen and oxygen atoms in total. The minimum absolute atomic E-state index is 0.0286. The fourth-order valence-electron chi connectivity index (χ4n) is 1.86. The van der Waals surface area contributed by atoms with E-state index in [1.807, 2.05) is 18.2 Å². The van der Waals surface area contributed by atoms with E-state index in [1.165, 1.54) is 6.33 Å². The number of aromatic nitrogens is 4. The van der Waals surface area contributed by atoms with Crippen LogP contribution in [0.4, 0.5) is 10.7 Å². The number of H-pyrrole nitrogens is 1. The standard InChI is InChI=1S/C13H11N5O3/c14-12-17-10-9(15-7-16-10)11(19)18(12)13(20)21-6-8-4-2-1-3-5-8/h1-5,7H,6H2,(H2,14,17)(H,15,16). The van der Waals surface area contributed by atoms with Crippen LogP contribution in [-0.2, 0) is 11.3 Å². The summed E-state index contributed by atoms with van der Waals surface area (Å²) in [7, 11) is 0. The molecule has 3 aromatic rings. The van der Waals surface area contributed by atoms with E-state index < -0.39 is 11.7 Å². The number of benzene rings is 1. The van der Waals surface area contributed by atoms with Gasteiger partial charge in [-0.1, -0.05) is 30.3 Å². The first-order valence-electron chi connectivity index (χ1n) is 6.09. The van der Waals surface area contributed by atoms with Crippen LogP contribution in [0, 0.1) is 0 Å². The summed E-state index contributed by atoms with van der Waals surface area (Å²) in [6.45, 7) is 0.0319. The number of nitrogens with one attached hydrogen (secondary N) is 1. The molecule has 1 aromatic carbocycles. The molecule has 3 rings (SSSR count). The Morgan fingerprint density at radius 1 is 1.33 bits per heavy atom. The predicted molar refractivity (Wildman–Crippen MR) is 74.6 cm³/mol. The molecule has 8 heteroatoms. The summed E-state index contributed by atoms with van der Waals surface area (Å²) in [6.07, 6.45) is 0.414. The van der Waals surface area contributed by atoms with E-state index in [0.717, 1.165) is 5.56 Å². The molecule has 0 aliphatic rings. The van der Waals surface area contributed by atoms with E-state index in [1.54, 1.807) is 12.1 Å². The summed E-state index contributed by atoms with van der Waals surface area (Å²) in [5.41, 5.74) is 6.00. The van der Waals surface area contributed by atoms with E-state index in [0.29, 0.717) is 4.57 Å². The Morgan fingerprint density at radius 2 is 2.10 bits per heavy atom. The van der Waals surface area contributed by atoms with Gasteiger partial charge in [-0.2, -0.15) is 9.55 Å². The SMILES string of the molecule is Nc1nc2[nH]cnc2c(=O)n1C(=O)OCc1ccccc1. The maximum atomic E-state index is 12.1. The number of nitrogens with two attached hydrogens (primary N) is 1. The average molecular weight is 285 g/mol. The zero-order valence-corrected chi connectivity index (χ0v) is 10.8. The van der Waals surface area contributed by atoms with Gasteiger partial charge in [-0.15, -0.1) is 0 Å². The van der Waals surface area contributed by atoms with Crippen molar-refractivity contribution in [3.05, 3.63) is 52.6 Å².